The highest BCUT2D eigenvalue weighted by Crippen LogP contribution is 2.40. The van der Waals surface area contributed by atoms with Crippen LogP contribution < -0.4 is 38.5 Å². The fourth-order valence-electron chi connectivity index (χ4n) is 12.7. The van der Waals surface area contributed by atoms with Gasteiger partial charge in [0, 0.05) is 87.3 Å². The minimum atomic E-state index is -0.179. The first-order chi connectivity index (χ1) is 52.7. The number of aliphatic imine (C=N–C) groups is 1. The molecule has 9 aromatic rings. The average molecular weight is 1950 g/mol. The van der Waals surface area contributed by atoms with Gasteiger partial charge >= 0.3 is 0 Å². The minimum absolute atomic E-state index is 0.0236. The molecule has 27 nitrogen and oxygen atoms in total. The molecular weight excluding hydrogens is 1880 g/mol. The van der Waals surface area contributed by atoms with E-state index in [0.717, 1.165) is 70.5 Å². The molecule has 0 radical (unpaired) electrons. The molecule has 15 rings (SSSR count). The van der Waals surface area contributed by atoms with E-state index in [0.29, 0.717) is 149 Å². The van der Waals surface area contributed by atoms with Crippen molar-refractivity contribution >= 4 is 171 Å². The zero-order chi connectivity index (χ0) is 80.5. The van der Waals surface area contributed by atoms with Crippen LogP contribution in [0, 0.1) is 75.5 Å². The van der Waals surface area contributed by atoms with Gasteiger partial charge in [-0.25, -0.2) is 18.7 Å². The van der Waals surface area contributed by atoms with Crippen molar-refractivity contribution in [3.8, 4) is 41.2 Å². The predicted octanol–water partition coefficient (Wildman–Crippen LogP) is 15.3. The topological polar surface area (TPSA) is 303 Å². The van der Waals surface area contributed by atoms with Crippen LogP contribution in [0.25, 0.3) is 0 Å². The summed E-state index contributed by atoms with van der Waals surface area (Å²) in [4.78, 5) is 77.2. The minimum Gasteiger partial charge on any atom is -0.486 e. The highest BCUT2D eigenvalue weighted by molar-refractivity contribution is 9.11. The van der Waals surface area contributed by atoms with E-state index < -0.39 is 0 Å². The Labute approximate surface area is 699 Å². The van der Waals surface area contributed by atoms with E-state index in [4.69, 9.17) is 23.7 Å². The number of fused-ring (bicyclic) bond motifs is 4. The molecular formula is C77H72Br7N17O10. The molecule has 0 spiro atoms. The average Bonchev–Trinajstić information content (AvgIpc) is 1.76. The van der Waals surface area contributed by atoms with Gasteiger partial charge in [-0.1, -0.05) is 112 Å². The number of hydrogen-bond donors (Lipinski definition) is 0. The van der Waals surface area contributed by atoms with E-state index in [9.17, 15) is 39.8 Å². The van der Waals surface area contributed by atoms with Gasteiger partial charge in [0.2, 0.25) is 0 Å². The molecule has 0 unspecified atom stereocenters. The number of anilines is 4. The van der Waals surface area contributed by atoms with Crippen molar-refractivity contribution in [3.63, 3.8) is 0 Å². The first kappa shape index (κ1) is 82.5. The number of aryl methyl sites for hydroxylation is 5. The zero-order valence-corrected chi connectivity index (χ0v) is 73.4. The molecule has 6 aliphatic heterocycles. The van der Waals surface area contributed by atoms with Crippen LogP contribution in [0.3, 0.4) is 0 Å². The molecule has 3 atom stereocenters. The van der Waals surface area contributed by atoms with Crippen molar-refractivity contribution in [2.45, 2.75) is 80.6 Å². The van der Waals surface area contributed by atoms with Crippen molar-refractivity contribution in [1.82, 2.24) is 44.0 Å². The van der Waals surface area contributed by atoms with E-state index in [-0.39, 0.29) is 47.8 Å². The highest BCUT2D eigenvalue weighted by atomic mass is 79.9. The van der Waals surface area contributed by atoms with Gasteiger partial charge in [-0.15, -0.1) is 0 Å². The molecule has 4 aromatic heterocycles. The number of halogens is 7. The lowest BCUT2D eigenvalue weighted by Gasteiger charge is -2.32. The zero-order valence-electron chi connectivity index (χ0n) is 62.3. The lowest BCUT2D eigenvalue weighted by molar-refractivity contribution is 0.0532. The Morgan fingerprint density at radius 3 is 1.14 bits per heavy atom. The summed E-state index contributed by atoms with van der Waals surface area (Å²) in [6.07, 6.45) is 6.23. The van der Waals surface area contributed by atoms with Crippen molar-refractivity contribution < 1.29 is 47.7 Å². The van der Waals surface area contributed by atoms with E-state index in [1.807, 2.05) is 93.6 Å². The largest absolute Gasteiger partial charge is 0.486 e. The third-order valence-electron chi connectivity index (χ3n) is 18.7. The Kier molecular flexibility index (Phi) is 25.8. The summed E-state index contributed by atoms with van der Waals surface area (Å²) < 4.78 is 40.7. The number of allylic oxidation sites excluding steroid dienone is 1. The number of carbonyl (C=O) groups is 5. The van der Waals surface area contributed by atoms with E-state index >= 15 is 0 Å². The first-order valence-electron chi connectivity index (χ1n) is 34.4. The van der Waals surface area contributed by atoms with Crippen LogP contribution in [-0.4, -0.2) is 151 Å². The Bertz CT molecular complexity index is 5290. The maximum Gasteiger partial charge on any atom is 0.259 e. The smallest absolute Gasteiger partial charge is 0.259 e. The van der Waals surface area contributed by atoms with Gasteiger partial charge in [0.25, 0.3) is 29.5 Å². The lowest BCUT2D eigenvalue weighted by atomic mass is 10.0. The Balaban J connectivity index is 0.000000137. The Morgan fingerprint density at radius 1 is 0.414 bits per heavy atom. The third-order valence-corrected chi connectivity index (χ3v) is 24.5. The van der Waals surface area contributed by atoms with E-state index in [1.54, 1.807) is 126 Å². The second-order valence-electron chi connectivity index (χ2n) is 26.5. The van der Waals surface area contributed by atoms with E-state index in [1.165, 1.54) is 0 Å². The van der Waals surface area contributed by atoms with Crippen LogP contribution >= 0.6 is 112 Å². The summed E-state index contributed by atoms with van der Waals surface area (Å²) in [5.41, 5.74) is 10.3. The molecule has 111 heavy (non-hydrogen) atoms. The van der Waals surface area contributed by atoms with Gasteiger partial charge in [-0.2, -0.15) is 36.2 Å². The molecule has 574 valence electrons. The fraction of sp³-hybridized carbons (Fsp3) is 0.312. The van der Waals surface area contributed by atoms with Crippen LogP contribution in [-0.2, 0) is 32.9 Å². The molecule has 0 N–H and O–H groups in total. The summed E-state index contributed by atoms with van der Waals surface area (Å²) in [7, 11) is 7.12. The normalized spacial score (nSPS) is 16.1. The molecule has 0 saturated carbocycles. The summed E-state index contributed by atoms with van der Waals surface area (Å²) in [5.74, 6) is 5.15. The van der Waals surface area contributed by atoms with Gasteiger partial charge in [0.15, 0.2) is 52.0 Å². The molecule has 34 heteroatoms. The van der Waals surface area contributed by atoms with Crippen molar-refractivity contribution in [3.05, 3.63) is 200 Å². The predicted molar refractivity (Wildman–Crippen MR) is 441 cm³/mol. The first-order valence-corrected chi connectivity index (χ1v) is 40.0. The van der Waals surface area contributed by atoms with Crippen molar-refractivity contribution in [2.75, 3.05) is 72.1 Å². The number of amides is 5. The van der Waals surface area contributed by atoms with Gasteiger partial charge in [-0.05, 0) is 151 Å². The number of nitriles is 3. The third kappa shape index (κ3) is 17.3. The highest BCUT2D eigenvalue weighted by Gasteiger charge is 2.37. The number of ether oxygens (including phenoxy) is 5. The standard InChI is InChI=1S/2C16H15BrN4O2.C15H15Br2N3O2.C15H14Br2N2O2.C15H13BrN4O2/c2*1-9-8-21(15-14(23-9)7-19-20(15)3)16(22)11-4-12(6-18)10(2)13(17)5-11;1-8-11(16)6-10(7-12(8)17)15(21)20-4-5-22-13-9(2)18-19(3)14(13)20;1-8-7-19(13-5-18-6-14(13)21-8)15(20)10-3-11(16)9(2)12(17)4-10;1-9-11(7-17)5-10(6-12(9)16)15(21)20-3-4-22-13-8-18-19(2)14(13)20/h2*4-5,7,9H,8H2,1-3H3;6-7H,4-5H2,1-3H3;3-4,6,8H,5,7H2,1-2H3;5-6,8H,3-4H2,1-2H3/t2*9-;;8-;/m10.1./s1. The molecule has 0 fully saturated rings. The molecule has 0 aliphatic carbocycles. The number of benzene rings is 5. The molecule has 0 bridgehead atoms. The summed E-state index contributed by atoms with van der Waals surface area (Å²) in [6.45, 7) is 20.9. The summed E-state index contributed by atoms with van der Waals surface area (Å²) in [6, 6.07) is 23.9. The van der Waals surface area contributed by atoms with E-state index in [2.05, 4.69) is 155 Å². The van der Waals surface area contributed by atoms with Crippen LogP contribution in [0.15, 0.2) is 127 Å². The molecule has 10 heterocycles. The van der Waals surface area contributed by atoms with Crippen LogP contribution in [0.2, 0.25) is 0 Å². The SMILES string of the molecule is Cc1c(Br)cc(C(=O)N2CCOc3cnn(C)c32)cc1C#N.Cc1c(Br)cc(C(=O)N2C[C@@H](C)OC3=C2CN=C3)cc1Br.Cc1c(Br)cc(C(=O)N2C[C@@H](C)Oc3cnn(C)c32)cc1C#N.Cc1c(Br)cc(C(=O)N2C[C@H](C)Oc3cnn(C)c32)cc1C#N.Cc1nn(C)c2c1OCCN2C(=O)c1cc(Br)c(C)c(Br)c1. The maximum absolute atomic E-state index is 13.0. The number of aromatic nitrogens is 8. The number of nitrogens with zero attached hydrogens (tertiary/aromatic N) is 17. The number of hydrogen-bond acceptors (Lipinski definition) is 18. The second kappa shape index (κ2) is 34.7. The van der Waals surface area contributed by atoms with Crippen molar-refractivity contribution in [1.29, 1.82) is 15.8 Å². The van der Waals surface area contributed by atoms with Gasteiger partial charge in [0.1, 0.15) is 37.2 Å². The van der Waals surface area contributed by atoms with Crippen LogP contribution in [0.4, 0.5) is 23.3 Å². The lowest BCUT2D eigenvalue weighted by Crippen LogP contribution is -2.43. The number of carbonyl (C=O) groups excluding carboxylic acids is 5. The van der Waals surface area contributed by atoms with Gasteiger partial charge < -0.3 is 28.6 Å². The Morgan fingerprint density at radius 2 is 0.739 bits per heavy atom. The summed E-state index contributed by atoms with van der Waals surface area (Å²) in [5, 5.41) is 44.5. The Hall–Kier alpha value is -9.47. The summed E-state index contributed by atoms with van der Waals surface area (Å²) >= 11 is 24.2. The van der Waals surface area contributed by atoms with Gasteiger partial charge in [0.05, 0.1) is 105 Å². The number of rotatable bonds is 5. The van der Waals surface area contributed by atoms with Crippen LogP contribution in [0.1, 0.15) is 123 Å². The van der Waals surface area contributed by atoms with Crippen molar-refractivity contribution in [2.24, 2.45) is 33.2 Å². The molecule has 0 saturated heterocycles. The molecule has 5 aromatic carbocycles. The molecule has 5 amide bonds. The van der Waals surface area contributed by atoms with Gasteiger partial charge in [-0.3, -0.25) is 48.6 Å². The van der Waals surface area contributed by atoms with Crippen LogP contribution in [0.5, 0.6) is 23.0 Å². The second-order valence-corrected chi connectivity index (χ2v) is 32.5. The monoisotopic (exact) mass is 1950 g/mol. The quantitative estimate of drug-likeness (QED) is 0.155. The fourth-order valence-corrected chi connectivity index (χ4v) is 16.5. The molecule has 6 aliphatic rings. The maximum atomic E-state index is 13.0.